The predicted octanol–water partition coefficient (Wildman–Crippen LogP) is 1.03. The topological polar surface area (TPSA) is 76.0 Å². The van der Waals surface area contributed by atoms with Crippen LogP contribution in [0.1, 0.15) is 0 Å². The zero-order valence-electron chi connectivity index (χ0n) is 8.06. The van der Waals surface area contributed by atoms with Crippen LogP contribution in [0.5, 0.6) is 0 Å². The maximum Gasteiger partial charge on any atom is 0.359 e. The Balaban J connectivity index is 2.72. The molecule has 78 valence electrons. The van der Waals surface area contributed by atoms with E-state index in [2.05, 4.69) is 14.7 Å². The molecule has 0 unspecified atom stereocenters. The minimum absolute atomic E-state index is 0.137. The van der Waals surface area contributed by atoms with Gasteiger partial charge in [-0.25, -0.2) is 4.79 Å². The Bertz CT molecular complexity index is 801. The monoisotopic (exact) mass is 214 g/mol. The maximum absolute atomic E-state index is 11.6. The summed E-state index contributed by atoms with van der Waals surface area (Å²) in [6.07, 6.45) is 0. The van der Waals surface area contributed by atoms with E-state index in [4.69, 9.17) is 0 Å². The van der Waals surface area contributed by atoms with Gasteiger partial charge in [0.05, 0.1) is 0 Å². The average Bonchev–Trinajstić information content (AvgIpc) is 2.29. The fraction of sp³-hybridized carbons (Fsp3) is 0. The Kier molecular flexibility index (Phi) is 1.67. The summed E-state index contributed by atoms with van der Waals surface area (Å²) >= 11 is 0. The molecule has 5 heteroatoms. The van der Waals surface area contributed by atoms with Gasteiger partial charge in [-0.2, -0.15) is 0 Å². The van der Waals surface area contributed by atoms with Crippen molar-refractivity contribution in [2.75, 3.05) is 0 Å². The Hall–Kier alpha value is -2.43. The molecule has 0 fully saturated rings. The van der Waals surface area contributed by atoms with Gasteiger partial charge in [-0.3, -0.25) is 4.79 Å². The van der Waals surface area contributed by atoms with Crippen LogP contribution in [0.4, 0.5) is 0 Å². The number of nitrogens with one attached hydrogen (secondary N) is 1. The van der Waals surface area contributed by atoms with Gasteiger partial charge in [0, 0.05) is 22.4 Å². The number of aromatic nitrogens is 2. The second-order valence-corrected chi connectivity index (χ2v) is 3.41. The number of pyridine rings is 1. The Morgan fingerprint density at radius 2 is 1.94 bits per heavy atom. The van der Waals surface area contributed by atoms with Crippen molar-refractivity contribution >= 4 is 21.8 Å². The first-order chi connectivity index (χ1) is 7.75. The first-order valence-corrected chi connectivity index (χ1v) is 4.67. The molecule has 2 heterocycles. The van der Waals surface area contributed by atoms with Crippen LogP contribution in [0.15, 0.2) is 44.4 Å². The van der Waals surface area contributed by atoms with E-state index in [1.807, 2.05) is 18.2 Å². The van der Waals surface area contributed by atoms with Crippen LogP contribution in [0.2, 0.25) is 0 Å². The molecule has 0 radical (unpaired) electrons. The molecule has 16 heavy (non-hydrogen) atoms. The Morgan fingerprint density at radius 3 is 2.81 bits per heavy atom. The van der Waals surface area contributed by atoms with Crippen LogP contribution < -0.4 is 11.2 Å². The molecule has 0 saturated carbocycles. The van der Waals surface area contributed by atoms with Gasteiger partial charge in [0.15, 0.2) is 5.52 Å². The van der Waals surface area contributed by atoms with Crippen LogP contribution in [0.3, 0.4) is 0 Å². The summed E-state index contributed by atoms with van der Waals surface area (Å²) in [7, 11) is 0. The molecule has 0 aliphatic rings. The molecule has 0 aliphatic carbocycles. The van der Waals surface area contributed by atoms with Gasteiger partial charge in [-0.1, -0.05) is 23.4 Å². The molecule has 0 atom stereocenters. The quantitative estimate of drug-likeness (QED) is 0.567. The molecule has 0 amide bonds. The van der Waals surface area contributed by atoms with Gasteiger partial charge in [0.25, 0.3) is 5.56 Å². The van der Waals surface area contributed by atoms with Gasteiger partial charge in [-0.15, -0.1) is 0 Å². The van der Waals surface area contributed by atoms with Crippen LogP contribution >= 0.6 is 0 Å². The summed E-state index contributed by atoms with van der Waals surface area (Å²) in [4.78, 5) is 25.4. The molecule has 0 saturated heterocycles. The summed E-state index contributed by atoms with van der Waals surface area (Å²) in [6.45, 7) is 0. The highest BCUT2D eigenvalue weighted by molar-refractivity contribution is 6.03. The minimum Gasteiger partial charge on any atom is -0.320 e. The van der Waals surface area contributed by atoms with Crippen molar-refractivity contribution in [2.24, 2.45) is 0 Å². The Labute approximate surface area is 88.3 Å². The third kappa shape index (κ3) is 1.15. The van der Waals surface area contributed by atoms with Gasteiger partial charge >= 0.3 is 5.63 Å². The number of H-pyrrole nitrogens is 1. The normalized spacial score (nSPS) is 11.0. The summed E-state index contributed by atoms with van der Waals surface area (Å²) in [6, 6.07) is 8.50. The lowest BCUT2D eigenvalue weighted by Gasteiger charge is -2.00. The largest absolute Gasteiger partial charge is 0.359 e. The first-order valence-electron chi connectivity index (χ1n) is 4.67. The van der Waals surface area contributed by atoms with Crippen LogP contribution in [0, 0.1) is 0 Å². The van der Waals surface area contributed by atoms with E-state index >= 15 is 0 Å². The molecular formula is C11H6N2O3. The highest BCUT2D eigenvalue weighted by atomic mass is 16.5. The number of aromatic amines is 1. The van der Waals surface area contributed by atoms with E-state index in [1.54, 1.807) is 6.07 Å². The van der Waals surface area contributed by atoms with Gasteiger partial charge < -0.3 is 9.51 Å². The van der Waals surface area contributed by atoms with E-state index in [-0.39, 0.29) is 11.1 Å². The third-order valence-electron chi connectivity index (χ3n) is 2.42. The van der Waals surface area contributed by atoms with Crippen molar-refractivity contribution < 1.29 is 4.52 Å². The summed E-state index contributed by atoms with van der Waals surface area (Å²) in [5.41, 5.74) is -0.119. The number of para-hydroxylation sites is 1. The van der Waals surface area contributed by atoms with Gasteiger partial charge in [-0.05, 0) is 6.07 Å². The van der Waals surface area contributed by atoms with E-state index in [1.165, 1.54) is 6.07 Å². The van der Waals surface area contributed by atoms with Crippen molar-refractivity contribution in [1.82, 2.24) is 10.1 Å². The summed E-state index contributed by atoms with van der Waals surface area (Å²) in [5, 5.41) is 4.78. The fourth-order valence-electron chi connectivity index (χ4n) is 1.73. The highest BCUT2D eigenvalue weighted by Crippen LogP contribution is 2.17. The van der Waals surface area contributed by atoms with Crippen molar-refractivity contribution in [3.8, 4) is 0 Å². The molecule has 2 aromatic heterocycles. The number of hydrogen-bond donors (Lipinski definition) is 1. The fourth-order valence-corrected chi connectivity index (χ4v) is 1.73. The zero-order valence-corrected chi connectivity index (χ0v) is 8.06. The SMILES string of the molecule is O=c1cc2c(no1)c(=O)[nH]c1ccccc12. The second kappa shape index (κ2) is 3.03. The van der Waals surface area contributed by atoms with Crippen molar-refractivity contribution in [3.05, 3.63) is 51.1 Å². The molecule has 0 bridgehead atoms. The van der Waals surface area contributed by atoms with Crippen molar-refractivity contribution in [1.29, 1.82) is 0 Å². The Morgan fingerprint density at radius 1 is 1.12 bits per heavy atom. The van der Waals surface area contributed by atoms with Crippen LogP contribution in [-0.4, -0.2) is 10.1 Å². The number of rotatable bonds is 0. The number of hydrogen-bond acceptors (Lipinski definition) is 4. The number of nitrogens with zero attached hydrogens (tertiary/aromatic N) is 1. The minimum atomic E-state index is -0.566. The zero-order chi connectivity index (χ0) is 11.1. The molecule has 0 aliphatic heterocycles. The molecule has 3 rings (SSSR count). The van der Waals surface area contributed by atoms with Gasteiger partial charge in [0.1, 0.15) is 0 Å². The molecule has 1 N–H and O–H groups in total. The average molecular weight is 214 g/mol. The molecular weight excluding hydrogens is 208 g/mol. The first kappa shape index (κ1) is 8.84. The lowest BCUT2D eigenvalue weighted by atomic mass is 10.1. The maximum atomic E-state index is 11.6. The summed E-state index contributed by atoms with van der Waals surface area (Å²) in [5.74, 6) is 0. The van der Waals surface area contributed by atoms with E-state index in [0.29, 0.717) is 10.9 Å². The van der Waals surface area contributed by atoms with E-state index in [0.717, 1.165) is 5.39 Å². The molecule has 3 aromatic rings. The van der Waals surface area contributed by atoms with E-state index < -0.39 is 5.63 Å². The molecule has 0 spiro atoms. The third-order valence-corrected chi connectivity index (χ3v) is 2.42. The number of benzene rings is 1. The highest BCUT2D eigenvalue weighted by Gasteiger charge is 2.07. The van der Waals surface area contributed by atoms with Crippen LogP contribution in [-0.2, 0) is 0 Å². The predicted molar refractivity (Wildman–Crippen MR) is 58.4 cm³/mol. The number of fused-ring (bicyclic) bond motifs is 3. The molecule has 5 nitrogen and oxygen atoms in total. The standard InChI is InChI=1S/C11H6N2O3/c14-9-5-7-6-3-1-2-4-8(6)12-11(15)10(7)13-16-9/h1-5H,(H,12,15). The van der Waals surface area contributed by atoms with E-state index in [9.17, 15) is 9.59 Å². The van der Waals surface area contributed by atoms with Crippen molar-refractivity contribution in [3.63, 3.8) is 0 Å². The van der Waals surface area contributed by atoms with Gasteiger partial charge in [0.2, 0.25) is 0 Å². The molecule has 1 aromatic carbocycles. The second-order valence-electron chi connectivity index (χ2n) is 3.41. The summed E-state index contributed by atoms with van der Waals surface area (Å²) < 4.78 is 4.44. The smallest absolute Gasteiger partial charge is 0.320 e. The van der Waals surface area contributed by atoms with Crippen LogP contribution in [0.25, 0.3) is 21.8 Å². The lowest BCUT2D eigenvalue weighted by molar-refractivity contribution is 0.381. The lowest BCUT2D eigenvalue weighted by Crippen LogP contribution is -2.10. The van der Waals surface area contributed by atoms with Crippen molar-refractivity contribution in [2.45, 2.75) is 0 Å².